The van der Waals surface area contributed by atoms with Gasteiger partial charge in [0.1, 0.15) is 5.82 Å². The summed E-state index contributed by atoms with van der Waals surface area (Å²) in [6.45, 7) is 3.83. The van der Waals surface area contributed by atoms with Gasteiger partial charge in [0.2, 0.25) is 5.91 Å². The molecule has 2 aliphatic heterocycles. The van der Waals surface area contributed by atoms with E-state index < -0.39 is 6.10 Å². The molecule has 1 amide bonds. The number of para-hydroxylation sites is 1. The fraction of sp³-hybridized carbons (Fsp3) is 0.409. The van der Waals surface area contributed by atoms with Crippen LogP contribution in [0.15, 0.2) is 48.5 Å². The van der Waals surface area contributed by atoms with Gasteiger partial charge in [-0.2, -0.15) is 0 Å². The van der Waals surface area contributed by atoms with Gasteiger partial charge in [-0.1, -0.05) is 36.4 Å². The van der Waals surface area contributed by atoms with E-state index in [0.29, 0.717) is 31.9 Å². The second-order valence-corrected chi connectivity index (χ2v) is 7.62. The molecule has 2 heterocycles. The van der Waals surface area contributed by atoms with Crippen LogP contribution >= 0.6 is 0 Å². The Bertz CT molecular complexity index is 844. The average Bonchev–Trinajstić information content (AvgIpc) is 2.70. The second-order valence-electron chi connectivity index (χ2n) is 7.62. The van der Waals surface area contributed by atoms with Gasteiger partial charge < -0.3 is 14.9 Å². The number of piperazine rings is 1. The van der Waals surface area contributed by atoms with Crippen LogP contribution in [0.4, 0.5) is 10.1 Å². The molecule has 0 saturated carbocycles. The van der Waals surface area contributed by atoms with Gasteiger partial charge >= 0.3 is 0 Å². The lowest BCUT2D eigenvalue weighted by Gasteiger charge is -2.37. The lowest BCUT2D eigenvalue weighted by molar-refractivity contribution is -0.132. The second kappa shape index (κ2) is 8.29. The van der Waals surface area contributed by atoms with E-state index in [2.05, 4.69) is 23.1 Å². The van der Waals surface area contributed by atoms with Crippen molar-refractivity contribution >= 4 is 11.6 Å². The highest BCUT2D eigenvalue weighted by Gasteiger charge is 2.28. The third-order valence-electron chi connectivity index (χ3n) is 5.62. The van der Waals surface area contributed by atoms with Crippen LogP contribution in [0.3, 0.4) is 0 Å². The molecule has 6 heteroatoms. The molecule has 0 radical (unpaired) electrons. The number of amides is 1. The number of β-amino-alcohol motifs (C(OH)–C–C–N with tert-alkyl or cyclic N) is 1. The third-order valence-corrected chi connectivity index (χ3v) is 5.62. The molecule has 5 nitrogen and oxygen atoms in total. The maximum Gasteiger partial charge on any atom is 0.242 e. The number of aliphatic hydroxyl groups excluding tert-OH is 1. The predicted octanol–water partition coefficient (Wildman–Crippen LogP) is 1.89. The summed E-state index contributed by atoms with van der Waals surface area (Å²) in [6, 6.07) is 14.9. The summed E-state index contributed by atoms with van der Waals surface area (Å²) in [7, 11) is 0. The van der Waals surface area contributed by atoms with E-state index in [-0.39, 0.29) is 18.3 Å². The van der Waals surface area contributed by atoms with Crippen LogP contribution in [0.1, 0.15) is 11.1 Å². The minimum Gasteiger partial charge on any atom is -0.390 e. The highest BCUT2D eigenvalue weighted by atomic mass is 19.1. The third kappa shape index (κ3) is 4.18. The first-order valence-electron chi connectivity index (χ1n) is 9.84. The molecule has 4 rings (SSSR count). The number of carbonyl (C=O) groups is 1. The normalized spacial score (nSPS) is 18.9. The SMILES string of the molecule is O=C1CN(c2ccccc2F)CCN1CC(O)CN1CCc2ccccc2C1. The van der Waals surface area contributed by atoms with Crippen LogP contribution in [-0.4, -0.2) is 66.2 Å². The lowest BCUT2D eigenvalue weighted by Crippen LogP contribution is -2.53. The van der Waals surface area contributed by atoms with Crippen molar-refractivity contribution in [2.75, 3.05) is 44.2 Å². The summed E-state index contributed by atoms with van der Waals surface area (Å²) in [5.74, 6) is -0.383. The van der Waals surface area contributed by atoms with Gasteiger partial charge in [-0.15, -0.1) is 0 Å². The van der Waals surface area contributed by atoms with Crippen LogP contribution in [0.25, 0.3) is 0 Å². The molecule has 2 aliphatic rings. The van der Waals surface area contributed by atoms with Crippen LogP contribution in [0.2, 0.25) is 0 Å². The van der Waals surface area contributed by atoms with Gasteiger partial charge in [-0.05, 0) is 29.7 Å². The zero-order chi connectivity index (χ0) is 19.5. The van der Waals surface area contributed by atoms with E-state index in [4.69, 9.17) is 0 Å². The van der Waals surface area contributed by atoms with Gasteiger partial charge in [0.15, 0.2) is 0 Å². The molecule has 1 unspecified atom stereocenters. The summed E-state index contributed by atoms with van der Waals surface area (Å²) in [5.41, 5.74) is 3.16. The van der Waals surface area contributed by atoms with Gasteiger partial charge in [-0.25, -0.2) is 4.39 Å². The molecule has 0 spiro atoms. The number of benzene rings is 2. The Hall–Kier alpha value is -2.44. The number of nitrogens with zero attached hydrogens (tertiary/aromatic N) is 3. The zero-order valence-corrected chi connectivity index (χ0v) is 15.9. The Morgan fingerprint density at radius 1 is 0.929 bits per heavy atom. The van der Waals surface area contributed by atoms with Crippen molar-refractivity contribution in [2.45, 2.75) is 19.1 Å². The Kier molecular flexibility index (Phi) is 5.59. The molecule has 0 aliphatic carbocycles. The number of hydrogen-bond acceptors (Lipinski definition) is 4. The molecule has 1 fully saturated rings. The topological polar surface area (TPSA) is 47.0 Å². The number of aliphatic hydroxyl groups is 1. The first-order valence-corrected chi connectivity index (χ1v) is 9.84. The van der Waals surface area contributed by atoms with Crippen molar-refractivity contribution in [2.24, 2.45) is 0 Å². The molecule has 0 aromatic heterocycles. The molecule has 1 N–H and O–H groups in total. The lowest BCUT2D eigenvalue weighted by atomic mass is 10.00. The predicted molar refractivity (Wildman–Crippen MR) is 107 cm³/mol. The number of halogens is 1. The zero-order valence-electron chi connectivity index (χ0n) is 15.9. The smallest absolute Gasteiger partial charge is 0.242 e. The van der Waals surface area contributed by atoms with Crippen LogP contribution < -0.4 is 4.90 Å². The van der Waals surface area contributed by atoms with E-state index in [1.165, 1.54) is 17.2 Å². The fourth-order valence-electron chi connectivity index (χ4n) is 4.14. The Labute approximate surface area is 165 Å². The molecular formula is C22H26FN3O2. The molecule has 28 heavy (non-hydrogen) atoms. The number of fused-ring (bicyclic) bond motifs is 1. The summed E-state index contributed by atoms with van der Waals surface area (Å²) in [4.78, 5) is 18.2. The minimum absolute atomic E-state index is 0.0717. The van der Waals surface area contributed by atoms with Gasteiger partial charge in [-0.3, -0.25) is 9.69 Å². The van der Waals surface area contributed by atoms with Gasteiger partial charge in [0.25, 0.3) is 0 Å². The van der Waals surface area contributed by atoms with E-state index in [9.17, 15) is 14.3 Å². The van der Waals surface area contributed by atoms with Crippen LogP contribution in [0, 0.1) is 5.82 Å². The Morgan fingerprint density at radius 3 is 2.46 bits per heavy atom. The highest BCUT2D eigenvalue weighted by molar-refractivity contribution is 5.83. The van der Waals surface area contributed by atoms with E-state index in [0.717, 1.165) is 19.5 Å². The first kappa shape index (κ1) is 18.9. The van der Waals surface area contributed by atoms with Crippen LogP contribution in [0.5, 0.6) is 0 Å². The molecule has 1 saturated heterocycles. The summed E-state index contributed by atoms with van der Waals surface area (Å²) in [6.07, 6.45) is 0.401. The summed E-state index contributed by atoms with van der Waals surface area (Å²) in [5, 5.41) is 10.5. The largest absolute Gasteiger partial charge is 0.390 e. The number of anilines is 1. The van der Waals surface area contributed by atoms with Crippen molar-refractivity contribution in [3.8, 4) is 0 Å². The Balaban J connectivity index is 1.29. The van der Waals surface area contributed by atoms with Crippen molar-refractivity contribution in [1.82, 2.24) is 9.80 Å². The van der Waals surface area contributed by atoms with Crippen LogP contribution in [-0.2, 0) is 17.8 Å². The van der Waals surface area contributed by atoms with E-state index >= 15 is 0 Å². The molecular weight excluding hydrogens is 357 g/mol. The monoisotopic (exact) mass is 383 g/mol. The van der Waals surface area contributed by atoms with Crippen molar-refractivity contribution in [3.05, 3.63) is 65.5 Å². The number of rotatable bonds is 5. The van der Waals surface area contributed by atoms with Gasteiger partial charge in [0, 0.05) is 39.3 Å². The Morgan fingerprint density at radius 2 is 1.68 bits per heavy atom. The molecule has 148 valence electrons. The summed E-state index contributed by atoms with van der Waals surface area (Å²) < 4.78 is 14.0. The average molecular weight is 383 g/mol. The highest BCUT2D eigenvalue weighted by Crippen LogP contribution is 2.21. The maximum atomic E-state index is 14.0. The van der Waals surface area contributed by atoms with Crippen molar-refractivity contribution < 1.29 is 14.3 Å². The maximum absolute atomic E-state index is 14.0. The molecule has 2 aromatic carbocycles. The number of carbonyl (C=O) groups excluding carboxylic acids is 1. The van der Waals surface area contributed by atoms with Gasteiger partial charge in [0.05, 0.1) is 18.3 Å². The van der Waals surface area contributed by atoms with Crippen molar-refractivity contribution in [3.63, 3.8) is 0 Å². The molecule has 1 atom stereocenters. The van der Waals surface area contributed by atoms with E-state index in [1.54, 1.807) is 28.0 Å². The quantitative estimate of drug-likeness (QED) is 0.857. The molecule has 2 aromatic rings. The van der Waals surface area contributed by atoms with E-state index in [1.807, 2.05) is 6.07 Å². The summed E-state index contributed by atoms with van der Waals surface area (Å²) >= 11 is 0. The molecule has 0 bridgehead atoms. The van der Waals surface area contributed by atoms with Crippen molar-refractivity contribution in [1.29, 1.82) is 0 Å². The standard InChI is InChI=1S/C22H26FN3O2/c23-20-7-3-4-8-21(20)25-11-12-26(22(28)16-25)15-19(27)14-24-10-9-17-5-1-2-6-18(17)13-24/h1-8,19,27H,9-16H2. The fourth-order valence-corrected chi connectivity index (χ4v) is 4.14. The number of hydrogen-bond donors (Lipinski definition) is 1. The minimum atomic E-state index is -0.589. The first-order chi connectivity index (χ1) is 13.6.